The van der Waals surface area contributed by atoms with Crippen molar-refractivity contribution in [3.63, 3.8) is 0 Å². The Morgan fingerprint density at radius 2 is 2.46 bits per heavy atom. The Bertz CT molecular complexity index is 317. The highest BCUT2D eigenvalue weighted by atomic mass is 79.9. The largest absolute Gasteiger partial charge is 0.323 e. The van der Waals surface area contributed by atoms with Crippen molar-refractivity contribution in [2.24, 2.45) is 5.73 Å². The van der Waals surface area contributed by atoms with Gasteiger partial charge in [-0.25, -0.2) is 0 Å². The number of nitrogens with zero attached hydrogens (tertiary/aromatic N) is 1. The van der Waals surface area contributed by atoms with Crippen LogP contribution in [0.1, 0.15) is 24.6 Å². The molecule has 0 fully saturated rings. The fourth-order valence-corrected chi connectivity index (χ4v) is 1.60. The molecule has 0 radical (unpaired) electrons. The first-order valence-corrected chi connectivity index (χ1v) is 4.84. The Morgan fingerprint density at radius 3 is 3.08 bits per heavy atom. The smallest absolute Gasteiger partial charge is 0.0712 e. The first-order chi connectivity index (χ1) is 6.25. The monoisotopic (exact) mass is 238 g/mol. The molecule has 0 bridgehead atoms. The maximum Gasteiger partial charge on any atom is 0.0712 e. The third kappa shape index (κ3) is 2.83. The van der Waals surface area contributed by atoms with Gasteiger partial charge in [0.2, 0.25) is 0 Å². The molecule has 68 valence electrons. The molecule has 0 spiro atoms. The van der Waals surface area contributed by atoms with Gasteiger partial charge in [0.05, 0.1) is 5.69 Å². The van der Waals surface area contributed by atoms with Crippen LogP contribution in [0, 0.1) is 12.3 Å². The van der Waals surface area contributed by atoms with E-state index >= 15 is 0 Å². The molecule has 1 aromatic heterocycles. The summed E-state index contributed by atoms with van der Waals surface area (Å²) in [4.78, 5) is 4.19. The minimum atomic E-state index is -0.0772. The lowest BCUT2D eigenvalue weighted by atomic mass is 10.1. The van der Waals surface area contributed by atoms with Crippen LogP contribution in [0.5, 0.6) is 0 Å². The summed E-state index contributed by atoms with van der Waals surface area (Å²) in [7, 11) is 0. The van der Waals surface area contributed by atoms with Crippen molar-refractivity contribution in [1.82, 2.24) is 4.98 Å². The van der Waals surface area contributed by atoms with Gasteiger partial charge in [0.15, 0.2) is 0 Å². The number of hydrogen-bond donors (Lipinski definition) is 1. The highest BCUT2D eigenvalue weighted by Gasteiger charge is 2.09. The van der Waals surface area contributed by atoms with Crippen LogP contribution in [0.4, 0.5) is 0 Å². The Morgan fingerprint density at radius 1 is 1.69 bits per heavy atom. The van der Waals surface area contributed by atoms with Crippen molar-refractivity contribution in [2.75, 3.05) is 0 Å². The van der Waals surface area contributed by atoms with E-state index in [-0.39, 0.29) is 6.04 Å². The predicted octanol–water partition coefficient (Wildman–Crippen LogP) is 2.26. The van der Waals surface area contributed by atoms with Crippen molar-refractivity contribution < 1.29 is 0 Å². The second-order valence-electron chi connectivity index (χ2n) is 2.72. The van der Waals surface area contributed by atoms with E-state index in [2.05, 4.69) is 26.8 Å². The van der Waals surface area contributed by atoms with Crippen molar-refractivity contribution in [3.8, 4) is 12.3 Å². The van der Waals surface area contributed by atoms with Crippen LogP contribution in [0.25, 0.3) is 0 Å². The first kappa shape index (κ1) is 10.2. The average Bonchev–Trinajstić information content (AvgIpc) is 2.15. The molecule has 1 rings (SSSR count). The number of rotatable bonds is 3. The summed E-state index contributed by atoms with van der Waals surface area (Å²) in [6.07, 6.45) is 8.34. The van der Waals surface area contributed by atoms with Crippen LogP contribution in [0.2, 0.25) is 0 Å². The van der Waals surface area contributed by atoms with Crippen LogP contribution in [-0.2, 0) is 0 Å². The zero-order valence-corrected chi connectivity index (χ0v) is 8.79. The highest BCUT2D eigenvalue weighted by Crippen LogP contribution is 2.21. The van der Waals surface area contributed by atoms with Crippen LogP contribution in [0.3, 0.4) is 0 Å². The second kappa shape index (κ2) is 5.00. The quantitative estimate of drug-likeness (QED) is 0.821. The van der Waals surface area contributed by atoms with Crippen molar-refractivity contribution in [3.05, 3.63) is 28.5 Å². The summed E-state index contributed by atoms with van der Waals surface area (Å²) in [6.45, 7) is 0. The van der Waals surface area contributed by atoms with Gasteiger partial charge in [0.1, 0.15) is 0 Å². The summed E-state index contributed by atoms with van der Waals surface area (Å²) in [5.41, 5.74) is 6.77. The summed E-state index contributed by atoms with van der Waals surface area (Å²) in [6, 6.07) is 3.71. The van der Waals surface area contributed by atoms with Crippen LogP contribution >= 0.6 is 15.9 Å². The number of hydrogen-bond acceptors (Lipinski definition) is 2. The Balaban J connectivity index is 2.72. The lowest BCUT2D eigenvalue weighted by molar-refractivity contribution is 0.645. The molecular weight excluding hydrogens is 228 g/mol. The number of aromatic nitrogens is 1. The summed E-state index contributed by atoms with van der Waals surface area (Å²) >= 11 is 3.39. The molecule has 1 aromatic rings. The third-order valence-electron chi connectivity index (χ3n) is 1.74. The maximum atomic E-state index is 5.89. The summed E-state index contributed by atoms with van der Waals surface area (Å²) in [5.74, 6) is 2.56. The SMILES string of the molecule is C#CCCC(N)c1ncccc1Br. The van der Waals surface area contributed by atoms with Crippen LogP contribution in [0.15, 0.2) is 22.8 Å². The molecule has 0 saturated heterocycles. The Labute approximate surface area is 86.7 Å². The molecular formula is C10H11BrN2. The number of nitrogens with two attached hydrogens (primary N) is 1. The van der Waals surface area contributed by atoms with E-state index in [1.165, 1.54) is 0 Å². The average molecular weight is 239 g/mol. The van der Waals surface area contributed by atoms with Gasteiger partial charge >= 0.3 is 0 Å². The topological polar surface area (TPSA) is 38.9 Å². The van der Waals surface area contributed by atoms with Crippen LogP contribution in [-0.4, -0.2) is 4.98 Å². The molecule has 0 saturated carbocycles. The molecule has 13 heavy (non-hydrogen) atoms. The van der Waals surface area contributed by atoms with E-state index in [1.54, 1.807) is 6.20 Å². The Hall–Kier alpha value is -0.850. The molecule has 1 unspecified atom stereocenters. The summed E-state index contributed by atoms with van der Waals surface area (Å²) in [5, 5.41) is 0. The van der Waals surface area contributed by atoms with E-state index in [0.29, 0.717) is 6.42 Å². The van der Waals surface area contributed by atoms with Gasteiger partial charge in [-0.2, -0.15) is 0 Å². The van der Waals surface area contributed by atoms with Gasteiger partial charge in [-0.05, 0) is 34.5 Å². The second-order valence-corrected chi connectivity index (χ2v) is 3.57. The molecule has 0 amide bonds. The lowest BCUT2D eigenvalue weighted by Crippen LogP contribution is -2.12. The molecule has 2 nitrogen and oxygen atoms in total. The molecule has 1 atom stereocenters. The highest BCUT2D eigenvalue weighted by molar-refractivity contribution is 9.10. The van der Waals surface area contributed by atoms with Gasteiger partial charge in [0.25, 0.3) is 0 Å². The molecule has 2 N–H and O–H groups in total. The van der Waals surface area contributed by atoms with Gasteiger partial charge in [-0.1, -0.05) is 0 Å². The van der Waals surface area contributed by atoms with Gasteiger partial charge in [0, 0.05) is 23.1 Å². The van der Waals surface area contributed by atoms with Gasteiger partial charge in [-0.3, -0.25) is 4.98 Å². The first-order valence-electron chi connectivity index (χ1n) is 4.05. The normalized spacial score (nSPS) is 12.1. The minimum absolute atomic E-state index is 0.0772. The van der Waals surface area contributed by atoms with E-state index in [9.17, 15) is 0 Å². The lowest BCUT2D eigenvalue weighted by Gasteiger charge is -2.10. The zero-order chi connectivity index (χ0) is 9.68. The fraction of sp³-hybridized carbons (Fsp3) is 0.300. The Kier molecular flexibility index (Phi) is 3.94. The van der Waals surface area contributed by atoms with Crippen molar-refractivity contribution in [2.45, 2.75) is 18.9 Å². The van der Waals surface area contributed by atoms with E-state index in [1.807, 2.05) is 12.1 Å². The molecule has 1 heterocycles. The zero-order valence-electron chi connectivity index (χ0n) is 7.20. The van der Waals surface area contributed by atoms with Crippen molar-refractivity contribution >= 4 is 15.9 Å². The van der Waals surface area contributed by atoms with Gasteiger partial charge < -0.3 is 5.73 Å². The van der Waals surface area contributed by atoms with Crippen LogP contribution < -0.4 is 5.73 Å². The predicted molar refractivity (Wildman–Crippen MR) is 56.9 cm³/mol. The standard InChI is InChI=1S/C10H11BrN2/c1-2-3-6-9(12)10-8(11)5-4-7-13-10/h1,4-5,7,9H,3,6,12H2. The number of pyridine rings is 1. The van der Waals surface area contributed by atoms with Gasteiger partial charge in [-0.15, -0.1) is 12.3 Å². The molecule has 0 aromatic carbocycles. The molecule has 3 heteroatoms. The van der Waals surface area contributed by atoms with Crippen molar-refractivity contribution in [1.29, 1.82) is 0 Å². The minimum Gasteiger partial charge on any atom is -0.323 e. The van der Waals surface area contributed by atoms with E-state index < -0.39 is 0 Å². The third-order valence-corrected chi connectivity index (χ3v) is 2.41. The molecule has 0 aliphatic rings. The number of halogens is 1. The maximum absolute atomic E-state index is 5.89. The molecule has 0 aliphatic carbocycles. The summed E-state index contributed by atoms with van der Waals surface area (Å²) < 4.78 is 0.944. The van der Waals surface area contributed by atoms with E-state index in [4.69, 9.17) is 12.2 Å². The fourth-order valence-electron chi connectivity index (χ4n) is 1.05. The molecule has 0 aliphatic heterocycles. The van der Waals surface area contributed by atoms with E-state index in [0.717, 1.165) is 16.6 Å². The number of terminal acetylenes is 1.